The molecule has 6 nitrogen and oxygen atoms in total. The van der Waals surface area contributed by atoms with E-state index in [1.165, 1.54) is 0 Å². The first-order valence-corrected chi connectivity index (χ1v) is 6.85. The third-order valence-electron chi connectivity index (χ3n) is 3.20. The summed E-state index contributed by atoms with van der Waals surface area (Å²) in [5, 5.41) is 3.31. The lowest BCUT2D eigenvalue weighted by atomic mass is 10.1. The van der Waals surface area contributed by atoms with Crippen LogP contribution in [0.25, 0.3) is 0 Å². The van der Waals surface area contributed by atoms with Crippen molar-refractivity contribution in [2.75, 3.05) is 33.0 Å². The van der Waals surface area contributed by atoms with Crippen molar-refractivity contribution in [1.82, 2.24) is 10.2 Å². The highest BCUT2D eigenvalue weighted by molar-refractivity contribution is 5.68. The summed E-state index contributed by atoms with van der Waals surface area (Å²) >= 11 is 0. The molecule has 0 bridgehead atoms. The summed E-state index contributed by atoms with van der Waals surface area (Å²) in [6, 6.07) is 0.107. The molecule has 2 saturated heterocycles. The van der Waals surface area contributed by atoms with Crippen molar-refractivity contribution >= 4 is 6.09 Å². The molecule has 0 aromatic rings. The Balaban J connectivity index is 1.92. The molecule has 0 saturated carbocycles. The number of piperazine rings is 1. The minimum absolute atomic E-state index is 0.0786. The van der Waals surface area contributed by atoms with Gasteiger partial charge in [0.25, 0.3) is 0 Å². The molecule has 0 aromatic heterocycles. The minimum atomic E-state index is -0.459. The van der Waals surface area contributed by atoms with Gasteiger partial charge < -0.3 is 24.4 Å². The second kappa shape index (κ2) is 6.07. The van der Waals surface area contributed by atoms with Crippen LogP contribution in [0.2, 0.25) is 0 Å². The smallest absolute Gasteiger partial charge is 0.410 e. The average Bonchev–Trinajstić information content (AvgIpc) is 2.80. The zero-order valence-corrected chi connectivity index (χ0v) is 12.0. The molecule has 0 aromatic carbocycles. The van der Waals surface area contributed by atoms with Crippen molar-refractivity contribution in [3.8, 4) is 0 Å². The number of amides is 1. The largest absolute Gasteiger partial charge is 0.444 e. The molecule has 6 heteroatoms. The van der Waals surface area contributed by atoms with Gasteiger partial charge in [-0.15, -0.1) is 0 Å². The van der Waals surface area contributed by atoms with Gasteiger partial charge in [-0.05, 0) is 27.2 Å². The Kier molecular flexibility index (Phi) is 4.65. The van der Waals surface area contributed by atoms with Crippen LogP contribution < -0.4 is 5.32 Å². The van der Waals surface area contributed by atoms with E-state index in [1.807, 2.05) is 25.7 Å². The maximum absolute atomic E-state index is 12.2. The number of nitrogens with zero attached hydrogens (tertiary/aromatic N) is 1. The molecule has 2 heterocycles. The second-order valence-electron chi connectivity index (χ2n) is 6.04. The number of hydrogen-bond donors (Lipinski definition) is 1. The molecule has 0 aliphatic carbocycles. The zero-order chi connectivity index (χ0) is 13.9. The van der Waals surface area contributed by atoms with Gasteiger partial charge in [-0.2, -0.15) is 0 Å². The van der Waals surface area contributed by atoms with Gasteiger partial charge in [-0.1, -0.05) is 0 Å². The molecule has 1 N–H and O–H groups in total. The highest BCUT2D eigenvalue weighted by Gasteiger charge is 2.33. The Labute approximate surface area is 114 Å². The van der Waals surface area contributed by atoms with Crippen LogP contribution in [0.1, 0.15) is 27.2 Å². The fraction of sp³-hybridized carbons (Fsp3) is 0.923. The molecular weight excluding hydrogens is 248 g/mol. The van der Waals surface area contributed by atoms with Crippen LogP contribution in [0, 0.1) is 0 Å². The number of rotatable bonds is 2. The average molecular weight is 272 g/mol. The topological polar surface area (TPSA) is 60.0 Å². The van der Waals surface area contributed by atoms with Gasteiger partial charge in [0.1, 0.15) is 12.4 Å². The lowest BCUT2D eigenvalue weighted by Crippen LogP contribution is -2.55. The number of ether oxygens (including phenoxy) is 3. The molecule has 0 radical (unpaired) electrons. The van der Waals surface area contributed by atoms with E-state index < -0.39 is 5.60 Å². The molecule has 19 heavy (non-hydrogen) atoms. The summed E-state index contributed by atoms with van der Waals surface area (Å²) in [7, 11) is 0. The first-order valence-electron chi connectivity index (χ1n) is 6.85. The van der Waals surface area contributed by atoms with Crippen LogP contribution in [0.4, 0.5) is 4.79 Å². The van der Waals surface area contributed by atoms with Gasteiger partial charge in [-0.3, -0.25) is 0 Å². The summed E-state index contributed by atoms with van der Waals surface area (Å²) in [6.45, 7) is 8.88. The molecule has 0 spiro atoms. The second-order valence-corrected chi connectivity index (χ2v) is 6.04. The van der Waals surface area contributed by atoms with Crippen LogP contribution >= 0.6 is 0 Å². The number of nitrogens with one attached hydrogen (secondary N) is 1. The Bertz CT molecular complexity index is 310. The third-order valence-corrected chi connectivity index (χ3v) is 3.20. The minimum Gasteiger partial charge on any atom is -0.444 e. The van der Waals surface area contributed by atoms with Crippen LogP contribution in [-0.4, -0.2) is 61.8 Å². The van der Waals surface area contributed by atoms with E-state index in [2.05, 4.69) is 5.32 Å². The Morgan fingerprint density at radius 3 is 2.89 bits per heavy atom. The fourth-order valence-corrected chi connectivity index (χ4v) is 2.34. The summed E-state index contributed by atoms with van der Waals surface area (Å²) in [5.74, 6) is 0. The number of carbonyl (C=O) groups excluding carboxylic acids is 1. The Morgan fingerprint density at radius 1 is 1.47 bits per heavy atom. The molecule has 1 amide bonds. The van der Waals surface area contributed by atoms with Crippen molar-refractivity contribution in [3.63, 3.8) is 0 Å². The van der Waals surface area contributed by atoms with E-state index >= 15 is 0 Å². The van der Waals surface area contributed by atoms with Crippen LogP contribution in [0.5, 0.6) is 0 Å². The Morgan fingerprint density at radius 2 is 2.26 bits per heavy atom. The van der Waals surface area contributed by atoms with E-state index in [4.69, 9.17) is 14.2 Å². The van der Waals surface area contributed by atoms with Crippen molar-refractivity contribution in [1.29, 1.82) is 0 Å². The summed E-state index contributed by atoms with van der Waals surface area (Å²) in [4.78, 5) is 14.0. The molecule has 2 atom stereocenters. The maximum atomic E-state index is 12.2. The molecular formula is C13H24N2O4. The highest BCUT2D eigenvalue weighted by Crippen LogP contribution is 2.18. The van der Waals surface area contributed by atoms with Crippen LogP contribution in [-0.2, 0) is 14.2 Å². The first kappa shape index (κ1) is 14.6. The molecule has 110 valence electrons. The summed E-state index contributed by atoms with van der Waals surface area (Å²) in [6.07, 6.45) is 0.624. The van der Waals surface area contributed by atoms with Crippen molar-refractivity contribution < 1.29 is 19.0 Å². The van der Waals surface area contributed by atoms with Gasteiger partial charge in [0.05, 0.1) is 18.8 Å². The molecule has 2 unspecified atom stereocenters. The lowest BCUT2D eigenvalue weighted by Gasteiger charge is -2.37. The van der Waals surface area contributed by atoms with E-state index in [0.717, 1.165) is 19.5 Å². The quantitative estimate of drug-likeness (QED) is 0.811. The summed E-state index contributed by atoms with van der Waals surface area (Å²) in [5.41, 5.74) is -0.459. The molecule has 2 fully saturated rings. The molecule has 2 aliphatic rings. The SMILES string of the molecule is CC(C)(C)OC(=O)N1CCNCC1CC1COCO1. The summed E-state index contributed by atoms with van der Waals surface area (Å²) < 4.78 is 16.1. The molecule has 2 rings (SSSR count). The van der Waals surface area contributed by atoms with Crippen molar-refractivity contribution in [2.45, 2.75) is 44.9 Å². The number of hydrogen-bond acceptors (Lipinski definition) is 5. The fourth-order valence-electron chi connectivity index (χ4n) is 2.34. The molecule has 2 aliphatic heterocycles. The van der Waals surface area contributed by atoms with Crippen molar-refractivity contribution in [3.05, 3.63) is 0 Å². The third kappa shape index (κ3) is 4.33. The predicted molar refractivity (Wildman–Crippen MR) is 69.9 cm³/mol. The van der Waals surface area contributed by atoms with Gasteiger partial charge in [-0.25, -0.2) is 4.79 Å². The standard InChI is InChI=1S/C13H24N2O4/c1-13(2,3)19-12(16)15-5-4-14-7-10(15)6-11-8-17-9-18-11/h10-11,14H,4-9H2,1-3H3. The predicted octanol–water partition coefficient (Wildman–Crippen LogP) is 0.958. The maximum Gasteiger partial charge on any atom is 0.410 e. The Hall–Kier alpha value is -0.850. The van der Waals surface area contributed by atoms with E-state index in [9.17, 15) is 4.79 Å². The zero-order valence-electron chi connectivity index (χ0n) is 12.0. The van der Waals surface area contributed by atoms with E-state index in [-0.39, 0.29) is 18.2 Å². The normalized spacial score (nSPS) is 28.5. The van der Waals surface area contributed by atoms with Crippen LogP contribution in [0.15, 0.2) is 0 Å². The van der Waals surface area contributed by atoms with Crippen molar-refractivity contribution in [2.24, 2.45) is 0 Å². The van der Waals surface area contributed by atoms with Gasteiger partial charge in [0.15, 0.2) is 0 Å². The van der Waals surface area contributed by atoms with Gasteiger partial charge >= 0.3 is 6.09 Å². The highest BCUT2D eigenvalue weighted by atomic mass is 16.7. The van der Waals surface area contributed by atoms with E-state index in [1.54, 1.807) is 0 Å². The van der Waals surface area contributed by atoms with Gasteiger partial charge in [0, 0.05) is 19.6 Å². The monoisotopic (exact) mass is 272 g/mol. The van der Waals surface area contributed by atoms with Crippen LogP contribution in [0.3, 0.4) is 0 Å². The number of carbonyl (C=O) groups is 1. The lowest BCUT2D eigenvalue weighted by molar-refractivity contribution is 0.00103. The first-order chi connectivity index (χ1) is 8.96. The van der Waals surface area contributed by atoms with E-state index in [0.29, 0.717) is 19.9 Å². The van der Waals surface area contributed by atoms with Gasteiger partial charge in [0.2, 0.25) is 0 Å².